The second-order valence-electron chi connectivity index (χ2n) is 5.35. The van der Waals surface area contributed by atoms with Crippen LogP contribution in [0.1, 0.15) is 31.2 Å². The summed E-state index contributed by atoms with van der Waals surface area (Å²) in [6.07, 6.45) is 3.81. The predicted molar refractivity (Wildman–Crippen MR) is 78.0 cm³/mol. The van der Waals surface area contributed by atoms with Crippen LogP contribution in [-0.2, 0) is 14.9 Å². The van der Waals surface area contributed by atoms with Crippen molar-refractivity contribution >= 4 is 5.91 Å². The summed E-state index contributed by atoms with van der Waals surface area (Å²) >= 11 is 0. The minimum atomic E-state index is 0.0370. The van der Waals surface area contributed by atoms with Gasteiger partial charge in [0.25, 0.3) is 0 Å². The summed E-state index contributed by atoms with van der Waals surface area (Å²) in [5.41, 5.74) is 1.25. The number of benzene rings is 1. The molecule has 1 aliphatic carbocycles. The molecule has 0 bridgehead atoms. The van der Waals surface area contributed by atoms with Crippen LogP contribution in [0, 0.1) is 0 Å². The van der Waals surface area contributed by atoms with E-state index in [2.05, 4.69) is 11.4 Å². The number of hydrogen-bond acceptors (Lipinski definition) is 3. The first kappa shape index (κ1) is 14.9. The molecule has 1 aromatic carbocycles. The first-order chi connectivity index (χ1) is 9.72. The standard InChI is InChI=1S/C16H23NO3/c1-19-11-8-15(18)17-12-16(9-5-10-16)13-6-3-4-7-14(13)20-2/h3-4,6-7H,5,8-12H2,1-2H3,(H,17,18). The molecule has 1 saturated carbocycles. The van der Waals surface area contributed by atoms with Gasteiger partial charge in [-0.05, 0) is 18.9 Å². The van der Waals surface area contributed by atoms with Gasteiger partial charge in [-0.3, -0.25) is 4.79 Å². The molecular weight excluding hydrogens is 254 g/mol. The van der Waals surface area contributed by atoms with Gasteiger partial charge in [-0.2, -0.15) is 0 Å². The van der Waals surface area contributed by atoms with Gasteiger partial charge in [-0.15, -0.1) is 0 Å². The molecule has 0 radical (unpaired) electrons. The zero-order valence-electron chi connectivity index (χ0n) is 12.3. The number of carbonyl (C=O) groups is 1. The Hall–Kier alpha value is -1.55. The Morgan fingerprint density at radius 1 is 1.30 bits per heavy atom. The largest absolute Gasteiger partial charge is 0.496 e. The van der Waals surface area contributed by atoms with E-state index in [9.17, 15) is 4.79 Å². The molecule has 1 aliphatic rings. The molecule has 1 fully saturated rings. The smallest absolute Gasteiger partial charge is 0.222 e. The number of rotatable bonds is 7. The lowest BCUT2D eigenvalue weighted by atomic mass is 9.64. The molecule has 1 aromatic rings. The molecule has 110 valence electrons. The molecule has 2 rings (SSSR count). The Morgan fingerprint density at radius 2 is 2.05 bits per heavy atom. The molecular formula is C16H23NO3. The molecule has 4 heteroatoms. The van der Waals surface area contributed by atoms with E-state index in [0.29, 0.717) is 19.6 Å². The first-order valence-electron chi connectivity index (χ1n) is 7.11. The average Bonchev–Trinajstić information content (AvgIpc) is 2.44. The van der Waals surface area contributed by atoms with Gasteiger partial charge in [-0.25, -0.2) is 0 Å². The van der Waals surface area contributed by atoms with E-state index < -0.39 is 0 Å². The maximum Gasteiger partial charge on any atom is 0.222 e. The summed E-state index contributed by atoms with van der Waals surface area (Å²) in [7, 11) is 3.30. The lowest BCUT2D eigenvalue weighted by molar-refractivity contribution is -0.122. The number of carbonyl (C=O) groups excluding carboxylic acids is 1. The van der Waals surface area contributed by atoms with Gasteiger partial charge in [0.05, 0.1) is 13.7 Å². The third-order valence-electron chi connectivity index (χ3n) is 4.15. The van der Waals surface area contributed by atoms with Crippen molar-refractivity contribution in [1.82, 2.24) is 5.32 Å². The van der Waals surface area contributed by atoms with Gasteiger partial charge < -0.3 is 14.8 Å². The third-order valence-corrected chi connectivity index (χ3v) is 4.15. The summed E-state index contributed by atoms with van der Waals surface area (Å²) < 4.78 is 10.4. The normalized spacial score (nSPS) is 16.3. The SMILES string of the molecule is COCCC(=O)NCC1(c2ccccc2OC)CCC1. The fourth-order valence-electron chi connectivity index (χ4n) is 2.78. The second kappa shape index (κ2) is 6.75. The second-order valence-corrected chi connectivity index (χ2v) is 5.35. The number of amides is 1. The van der Waals surface area contributed by atoms with Crippen LogP contribution in [0.3, 0.4) is 0 Å². The lowest BCUT2D eigenvalue weighted by Crippen LogP contribution is -2.45. The Morgan fingerprint density at radius 3 is 2.65 bits per heavy atom. The van der Waals surface area contributed by atoms with Crippen molar-refractivity contribution in [3.63, 3.8) is 0 Å². The van der Waals surface area contributed by atoms with Crippen LogP contribution in [0.25, 0.3) is 0 Å². The topological polar surface area (TPSA) is 47.6 Å². The van der Waals surface area contributed by atoms with Crippen molar-refractivity contribution in [2.75, 3.05) is 27.4 Å². The van der Waals surface area contributed by atoms with Crippen molar-refractivity contribution < 1.29 is 14.3 Å². The highest BCUT2D eigenvalue weighted by Gasteiger charge is 2.40. The summed E-state index contributed by atoms with van der Waals surface area (Å²) in [6.45, 7) is 1.14. The highest BCUT2D eigenvalue weighted by atomic mass is 16.5. The summed E-state index contributed by atoms with van der Waals surface area (Å²) in [6, 6.07) is 8.11. The van der Waals surface area contributed by atoms with Crippen molar-refractivity contribution in [2.45, 2.75) is 31.1 Å². The minimum Gasteiger partial charge on any atom is -0.496 e. The van der Waals surface area contributed by atoms with E-state index in [4.69, 9.17) is 9.47 Å². The van der Waals surface area contributed by atoms with Gasteiger partial charge in [-0.1, -0.05) is 24.6 Å². The number of para-hydroxylation sites is 1. The molecule has 0 aromatic heterocycles. The highest BCUT2D eigenvalue weighted by Crippen LogP contribution is 2.46. The predicted octanol–water partition coefficient (Wildman–Crippen LogP) is 2.27. The number of hydrogen-bond donors (Lipinski definition) is 1. The summed E-state index contributed by atoms with van der Waals surface area (Å²) in [4.78, 5) is 11.8. The average molecular weight is 277 g/mol. The van der Waals surface area contributed by atoms with Gasteiger partial charge in [0.1, 0.15) is 5.75 Å². The molecule has 4 nitrogen and oxygen atoms in total. The Balaban J connectivity index is 2.04. The first-order valence-corrected chi connectivity index (χ1v) is 7.11. The molecule has 0 heterocycles. The molecule has 0 saturated heterocycles. The molecule has 0 unspecified atom stereocenters. The Bertz CT molecular complexity index is 455. The molecule has 1 amide bonds. The van der Waals surface area contributed by atoms with Gasteiger partial charge >= 0.3 is 0 Å². The molecule has 0 aliphatic heterocycles. The van der Waals surface area contributed by atoms with Gasteiger partial charge in [0.2, 0.25) is 5.91 Å². The monoisotopic (exact) mass is 277 g/mol. The maximum atomic E-state index is 11.8. The van der Waals surface area contributed by atoms with Crippen LogP contribution < -0.4 is 10.1 Å². The quantitative estimate of drug-likeness (QED) is 0.831. The zero-order chi connectivity index (χ0) is 14.4. The van der Waals surface area contributed by atoms with Crippen molar-refractivity contribution in [3.05, 3.63) is 29.8 Å². The zero-order valence-corrected chi connectivity index (χ0v) is 12.3. The fourth-order valence-corrected chi connectivity index (χ4v) is 2.78. The number of ether oxygens (including phenoxy) is 2. The Kier molecular flexibility index (Phi) is 5.01. The van der Waals surface area contributed by atoms with Crippen LogP contribution in [0.2, 0.25) is 0 Å². The van der Waals surface area contributed by atoms with E-state index >= 15 is 0 Å². The van der Waals surface area contributed by atoms with Crippen molar-refractivity contribution in [2.24, 2.45) is 0 Å². The summed E-state index contributed by atoms with van der Waals surface area (Å²) in [5.74, 6) is 0.964. The van der Waals surface area contributed by atoms with E-state index in [1.807, 2.05) is 18.2 Å². The van der Waals surface area contributed by atoms with Crippen LogP contribution in [0.5, 0.6) is 5.75 Å². The maximum absolute atomic E-state index is 11.8. The van der Waals surface area contributed by atoms with Crippen LogP contribution >= 0.6 is 0 Å². The molecule has 0 atom stereocenters. The van der Waals surface area contributed by atoms with Crippen LogP contribution in [0.15, 0.2) is 24.3 Å². The highest BCUT2D eigenvalue weighted by molar-refractivity contribution is 5.76. The van der Waals surface area contributed by atoms with E-state index in [1.54, 1.807) is 14.2 Å². The van der Waals surface area contributed by atoms with Gasteiger partial charge in [0.15, 0.2) is 0 Å². The Labute approximate surface area is 120 Å². The molecule has 0 spiro atoms. The van der Waals surface area contributed by atoms with Crippen LogP contribution in [0.4, 0.5) is 0 Å². The van der Waals surface area contributed by atoms with E-state index in [-0.39, 0.29) is 11.3 Å². The van der Waals surface area contributed by atoms with E-state index in [0.717, 1.165) is 18.6 Å². The lowest BCUT2D eigenvalue weighted by Gasteiger charge is -2.43. The molecule has 20 heavy (non-hydrogen) atoms. The summed E-state index contributed by atoms with van der Waals surface area (Å²) in [5, 5.41) is 3.04. The minimum absolute atomic E-state index is 0.0370. The van der Waals surface area contributed by atoms with Crippen molar-refractivity contribution in [3.8, 4) is 5.75 Å². The fraction of sp³-hybridized carbons (Fsp3) is 0.562. The third kappa shape index (κ3) is 3.12. The van der Waals surface area contributed by atoms with E-state index in [1.165, 1.54) is 12.0 Å². The van der Waals surface area contributed by atoms with Crippen LogP contribution in [-0.4, -0.2) is 33.3 Å². The molecule has 1 N–H and O–H groups in total. The van der Waals surface area contributed by atoms with Crippen molar-refractivity contribution in [1.29, 1.82) is 0 Å². The number of methoxy groups -OCH3 is 2. The number of nitrogens with one attached hydrogen (secondary N) is 1. The van der Waals surface area contributed by atoms with Gasteiger partial charge in [0, 0.05) is 31.1 Å².